The summed E-state index contributed by atoms with van der Waals surface area (Å²) >= 11 is 0. The van der Waals surface area contributed by atoms with E-state index in [1.54, 1.807) is 12.3 Å². The Morgan fingerprint density at radius 2 is 2.00 bits per heavy atom. The molecule has 0 aliphatic carbocycles. The molecule has 134 valence electrons. The molecule has 0 spiro atoms. The van der Waals surface area contributed by atoms with Gasteiger partial charge in [-0.05, 0) is 53.0 Å². The van der Waals surface area contributed by atoms with Crippen molar-refractivity contribution < 1.29 is 14.0 Å². The summed E-state index contributed by atoms with van der Waals surface area (Å²) in [5.41, 5.74) is 0.414. The number of rotatable bonds is 4. The summed E-state index contributed by atoms with van der Waals surface area (Å²) < 4.78 is 17.8. The van der Waals surface area contributed by atoms with E-state index in [1.165, 1.54) is 6.42 Å². The van der Waals surface area contributed by atoms with E-state index < -0.39 is 18.3 Å². The molecule has 1 unspecified atom stereocenters. The van der Waals surface area contributed by atoms with Crippen LogP contribution >= 0.6 is 0 Å². The molecule has 6 nitrogen and oxygen atoms in total. The van der Waals surface area contributed by atoms with E-state index in [0.717, 1.165) is 24.9 Å². The van der Waals surface area contributed by atoms with Gasteiger partial charge in [-0.3, -0.25) is 0 Å². The number of anilines is 1. The third kappa shape index (κ3) is 3.81. The number of ether oxygens (including phenoxy) is 1. The second kappa shape index (κ2) is 6.95. The summed E-state index contributed by atoms with van der Waals surface area (Å²) in [6.07, 6.45) is 5.26. The summed E-state index contributed by atoms with van der Waals surface area (Å²) in [4.78, 5) is 4.42. The smallest absolute Gasteiger partial charge is 0.399 e. The predicted octanol–water partition coefficient (Wildman–Crippen LogP) is 2.23. The number of pyridine rings is 1. The largest absolute Gasteiger partial charge is 0.496 e. The fourth-order valence-electron chi connectivity index (χ4n) is 2.99. The standard InChI is InChI=1S/C18H26BN3O3/c1-17(2)18(3,4)25-19(24-17)14-9-13(10-20)16(21-11-14)22-12-15-7-5-6-8-23-15/h9,11,15H,5-8,12H2,1-4H3,(H,21,22). The fraction of sp³-hybridized carbons (Fsp3) is 0.667. The second-order valence-electron chi connectivity index (χ2n) is 7.73. The lowest BCUT2D eigenvalue weighted by atomic mass is 9.79. The van der Waals surface area contributed by atoms with Crippen LogP contribution in [0.3, 0.4) is 0 Å². The molecule has 1 aromatic heterocycles. The lowest BCUT2D eigenvalue weighted by Crippen LogP contribution is -2.41. The van der Waals surface area contributed by atoms with E-state index in [2.05, 4.69) is 16.4 Å². The zero-order valence-corrected chi connectivity index (χ0v) is 15.5. The maximum atomic E-state index is 9.49. The third-order valence-corrected chi connectivity index (χ3v) is 5.33. The van der Waals surface area contributed by atoms with Gasteiger partial charge >= 0.3 is 7.12 Å². The van der Waals surface area contributed by atoms with Crippen LogP contribution in [-0.2, 0) is 14.0 Å². The molecular formula is C18H26BN3O3. The molecule has 0 radical (unpaired) electrons. The Hall–Kier alpha value is -1.62. The Bertz CT molecular complexity index is 650. The first-order valence-corrected chi connectivity index (χ1v) is 8.93. The molecule has 0 bridgehead atoms. The van der Waals surface area contributed by atoms with Crippen LogP contribution in [0.4, 0.5) is 5.82 Å². The van der Waals surface area contributed by atoms with Gasteiger partial charge in [0.05, 0.1) is 22.9 Å². The Labute approximate surface area is 150 Å². The minimum atomic E-state index is -0.514. The molecule has 2 aliphatic heterocycles. The van der Waals surface area contributed by atoms with Crippen molar-refractivity contribution in [2.75, 3.05) is 18.5 Å². The Morgan fingerprint density at radius 1 is 1.28 bits per heavy atom. The van der Waals surface area contributed by atoms with Crippen molar-refractivity contribution in [3.05, 3.63) is 17.8 Å². The first-order valence-electron chi connectivity index (χ1n) is 8.93. The Balaban J connectivity index is 1.71. The number of hydrogen-bond donors (Lipinski definition) is 1. The third-order valence-electron chi connectivity index (χ3n) is 5.33. The molecule has 7 heteroatoms. The maximum absolute atomic E-state index is 9.49. The average molecular weight is 343 g/mol. The van der Waals surface area contributed by atoms with Crippen molar-refractivity contribution in [2.45, 2.75) is 64.3 Å². The van der Waals surface area contributed by atoms with Crippen LogP contribution < -0.4 is 10.8 Å². The van der Waals surface area contributed by atoms with Gasteiger partial charge in [-0.2, -0.15) is 5.26 Å². The zero-order chi connectivity index (χ0) is 18.1. The summed E-state index contributed by atoms with van der Waals surface area (Å²) in [5.74, 6) is 0.581. The highest BCUT2D eigenvalue weighted by atomic mass is 16.7. The lowest BCUT2D eigenvalue weighted by Gasteiger charge is -2.32. The predicted molar refractivity (Wildman–Crippen MR) is 96.7 cm³/mol. The highest BCUT2D eigenvalue weighted by Gasteiger charge is 2.51. The van der Waals surface area contributed by atoms with E-state index in [-0.39, 0.29) is 6.10 Å². The van der Waals surface area contributed by atoms with Crippen LogP contribution in [0, 0.1) is 11.3 Å². The number of aromatic nitrogens is 1. The molecule has 1 atom stereocenters. The van der Waals surface area contributed by atoms with Crippen LogP contribution in [0.2, 0.25) is 0 Å². The van der Waals surface area contributed by atoms with Gasteiger partial charge in [0, 0.05) is 24.8 Å². The molecule has 0 aromatic carbocycles. The van der Waals surface area contributed by atoms with Crippen LogP contribution in [0.25, 0.3) is 0 Å². The SMILES string of the molecule is CC1(C)OB(c2cnc(NCC3CCCCO3)c(C#N)c2)OC1(C)C. The van der Waals surface area contributed by atoms with Crippen molar-refractivity contribution >= 4 is 18.4 Å². The maximum Gasteiger partial charge on any atom is 0.496 e. The minimum absolute atomic E-state index is 0.185. The number of nitrogens with one attached hydrogen (secondary N) is 1. The van der Waals surface area contributed by atoms with Gasteiger partial charge in [-0.1, -0.05) is 0 Å². The fourth-order valence-corrected chi connectivity index (χ4v) is 2.99. The van der Waals surface area contributed by atoms with Crippen molar-refractivity contribution in [3.63, 3.8) is 0 Å². The van der Waals surface area contributed by atoms with E-state index in [9.17, 15) is 5.26 Å². The molecule has 2 saturated heterocycles. The topological polar surface area (TPSA) is 76.4 Å². The first-order chi connectivity index (χ1) is 11.8. The molecule has 3 rings (SSSR count). The first kappa shape index (κ1) is 18.2. The molecule has 2 aliphatic rings. The van der Waals surface area contributed by atoms with E-state index in [0.29, 0.717) is 17.9 Å². The van der Waals surface area contributed by atoms with Crippen LogP contribution in [-0.4, -0.2) is 42.6 Å². The molecule has 0 amide bonds. The molecule has 25 heavy (non-hydrogen) atoms. The van der Waals surface area contributed by atoms with Gasteiger partial charge in [0.25, 0.3) is 0 Å². The van der Waals surface area contributed by atoms with Gasteiger partial charge in [0.2, 0.25) is 0 Å². The van der Waals surface area contributed by atoms with E-state index in [4.69, 9.17) is 14.0 Å². The minimum Gasteiger partial charge on any atom is -0.399 e. The van der Waals surface area contributed by atoms with Gasteiger partial charge in [0.15, 0.2) is 0 Å². The molecule has 0 saturated carbocycles. The number of hydrogen-bond acceptors (Lipinski definition) is 6. The van der Waals surface area contributed by atoms with Gasteiger partial charge in [0.1, 0.15) is 11.9 Å². The zero-order valence-electron chi connectivity index (χ0n) is 15.5. The van der Waals surface area contributed by atoms with Crippen LogP contribution in [0.5, 0.6) is 0 Å². The molecular weight excluding hydrogens is 317 g/mol. The van der Waals surface area contributed by atoms with Gasteiger partial charge < -0.3 is 19.4 Å². The summed E-state index contributed by atoms with van der Waals surface area (Å²) in [7, 11) is -0.514. The number of nitrogens with zero attached hydrogens (tertiary/aromatic N) is 2. The highest BCUT2D eigenvalue weighted by Crippen LogP contribution is 2.36. The van der Waals surface area contributed by atoms with Crippen LogP contribution in [0.1, 0.15) is 52.5 Å². The quantitative estimate of drug-likeness (QED) is 0.845. The lowest BCUT2D eigenvalue weighted by molar-refractivity contribution is 0.00578. The van der Waals surface area contributed by atoms with Gasteiger partial charge in [-0.25, -0.2) is 4.98 Å². The van der Waals surface area contributed by atoms with Crippen molar-refractivity contribution in [1.29, 1.82) is 5.26 Å². The Kier molecular flexibility index (Phi) is 5.05. The summed E-state index contributed by atoms with van der Waals surface area (Å²) in [6, 6.07) is 4.00. The van der Waals surface area contributed by atoms with E-state index in [1.807, 2.05) is 27.7 Å². The van der Waals surface area contributed by atoms with Crippen LogP contribution in [0.15, 0.2) is 12.3 Å². The van der Waals surface area contributed by atoms with E-state index >= 15 is 0 Å². The highest BCUT2D eigenvalue weighted by molar-refractivity contribution is 6.62. The normalized spacial score (nSPS) is 24.8. The van der Waals surface area contributed by atoms with Gasteiger partial charge in [-0.15, -0.1) is 0 Å². The van der Waals surface area contributed by atoms with Crippen molar-refractivity contribution in [1.82, 2.24) is 4.98 Å². The monoisotopic (exact) mass is 343 g/mol. The molecule has 3 heterocycles. The average Bonchev–Trinajstić information content (AvgIpc) is 2.81. The Morgan fingerprint density at radius 3 is 2.60 bits per heavy atom. The van der Waals surface area contributed by atoms with Crippen molar-refractivity contribution in [2.24, 2.45) is 0 Å². The second-order valence-corrected chi connectivity index (χ2v) is 7.73. The molecule has 1 N–H and O–H groups in total. The summed E-state index contributed by atoms with van der Waals surface area (Å²) in [6.45, 7) is 9.50. The molecule has 1 aromatic rings. The number of nitriles is 1. The summed E-state index contributed by atoms with van der Waals surface area (Å²) in [5, 5.41) is 12.7. The molecule has 2 fully saturated rings. The van der Waals surface area contributed by atoms with Crippen molar-refractivity contribution in [3.8, 4) is 6.07 Å².